The van der Waals surface area contributed by atoms with Crippen LogP contribution in [0.5, 0.6) is 0 Å². The van der Waals surface area contributed by atoms with E-state index in [0.29, 0.717) is 44.4 Å². The summed E-state index contributed by atoms with van der Waals surface area (Å²) in [5.41, 5.74) is 2.65. The molecule has 0 bridgehead atoms. The van der Waals surface area contributed by atoms with E-state index < -0.39 is 0 Å². The van der Waals surface area contributed by atoms with E-state index in [1.807, 2.05) is 60.7 Å². The van der Waals surface area contributed by atoms with E-state index in [9.17, 15) is 9.59 Å². The second-order valence-corrected chi connectivity index (χ2v) is 7.76. The average molecular weight is 434 g/mol. The maximum Gasteiger partial charge on any atom is 0.242 e. The summed E-state index contributed by atoms with van der Waals surface area (Å²) in [6.45, 7) is 2.29. The first-order valence-electron chi connectivity index (χ1n) is 10.8. The van der Waals surface area contributed by atoms with Gasteiger partial charge in [0.15, 0.2) is 11.7 Å². The van der Waals surface area contributed by atoms with Gasteiger partial charge >= 0.3 is 0 Å². The van der Waals surface area contributed by atoms with Gasteiger partial charge in [-0.3, -0.25) is 9.59 Å². The third kappa shape index (κ3) is 5.23. The standard InChI is InChI=1S/C25H27N3O4/c1-27(18-23(30)28-14-16-31-17-15-28)22(29)13-12-21-26-24(19-8-4-2-5-9-19)25(32-21)20-10-6-3-7-11-20/h2-11H,12-18H2,1H3. The Balaban J connectivity index is 1.43. The summed E-state index contributed by atoms with van der Waals surface area (Å²) >= 11 is 0. The molecule has 0 N–H and O–H groups in total. The molecular formula is C25H27N3O4. The molecule has 0 unspecified atom stereocenters. The van der Waals surface area contributed by atoms with Gasteiger partial charge in [0, 0.05) is 44.1 Å². The van der Waals surface area contributed by atoms with Gasteiger partial charge in [0.25, 0.3) is 0 Å². The molecule has 0 radical (unpaired) electrons. The second-order valence-electron chi connectivity index (χ2n) is 7.76. The number of morpholine rings is 1. The number of likely N-dealkylation sites (N-methyl/N-ethyl adjacent to an activating group) is 1. The van der Waals surface area contributed by atoms with Crippen LogP contribution < -0.4 is 0 Å². The molecule has 1 aliphatic heterocycles. The average Bonchev–Trinajstić information content (AvgIpc) is 3.28. The van der Waals surface area contributed by atoms with Crippen molar-refractivity contribution >= 4 is 11.8 Å². The van der Waals surface area contributed by atoms with Gasteiger partial charge in [0.2, 0.25) is 11.8 Å². The Labute approximate surface area is 187 Å². The number of benzene rings is 2. The van der Waals surface area contributed by atoms with E-state index in [4.69, 9.17) is 14.1 Å². The first-order chi connectivity index (χ1) is 15.6. The van der Waals surface area contributed by atoms with Gasteiger partial charge in [-0.25, -0.2) is 4.98 Å². The molecule has 7 heteroatoms. The molecule has 0 aliphatic carbocycles. The van der Waals surface area contributed by atoms with Gasteiger partial charge in [0.1, 0.15) is 5.69 Å². The highest BCUT2D eigenvalue weighted by molar-refractivity contribution is 5.85. The summed E-state index contributed by atoms with van der Waals surface area (Å²) in [6.07, 6.45) is 0.581. The van der Waals surface area contributed by atoms with Crippen LogP contribution in [0.3, 0.4) is 0 Å². The predicted octanol–water partition coefficient (Wildman–Crippen LogP) is 3.26. The van der Waals surface area contributed by atoms with Crippen molar-refractivity contribution in [1.29, 1.82) is 0 Å². The fourth-order valence-corrected chi connectivity index (χ4v) is 3.66. The van der Waals surface area contributed by atoms with E-state index in [1.165, 1.54) is 4.90 Å². The molecule has 1 aromatic heterocycles. The number of aryl methyl sites for hydroxylation is 1. The Hall–Kier alpha value is -3.45. The molecule has 2 heterocycles. The number of amides is 2. The Bertz CT molecular complexity index is 987. The molecule has 3 aromatic rings. The molecule has 2 aromatic carbocycles. The van der Waals surface area contributed by atoms with Gasteiger partial charge in [-0.15, -0.1) is 0 Å². The van der Waals surface area contributed by atoms with E-state index in [-0.39, 0.29) is 24.8 Å². The van der Waals surface area contributed by atoms with Crippen molar-refractivity contribution < 1.29 is 18.7 Å². The van der Waals surface area contributed by atoms with Crippen molar-refractivity contribution in [2.24, 2.45) is 0 Å². The first-order valence-corrected chi connectivity index (χ1v) is 10.8. The molecule has 166 valence electrons. The monoisotopic (exact) mass is 433 g/mol. The minimum absolute atomic E-state index is 0.0574. The van der Waals surface area contributed by atoms with Crippen molar-refractivity contribution in [3.8, 4) is 22.6 Å². The lowest BCUT2D eigenvalue weighted by molar-refractivity contribution is -0.141. The van der Waals surface area contributed by atoms with E-state index >= 15 is 0 Å². The topological polar surface area (TPSA) is 75.9 Å². The Morgan fingerprint density at radius 3 is 2.25 bits per heavy atom. The number of carbonyl (C=O) groups excluding carboxylic acids is 2. The summed E-state index contributed by atoms with van der Waals surface area (Å²) in [7, 11) is 1.65. The lowest BCUT2D eigenvalue weighted by Crippen LogP contribution is -2.46. The second kappa shape index (κ2) is 10.2. The molecule has 0 atom stereocenters. The molecule has 1 fully saturated rings. The summed E-state index contributed by atoms with van der Waals surface area (Å²) in [5.74, 6) is 1.02. The van der Waals surface area contributed by atoms with Crippen LogP contribution in [-0.4, -0.2) is 66.5 Å². The SMILES string of the molecule is CN(CC(=O)N1CCOCC1)C(=O)CCc1nc(-c2ccccc2)c(-c2ccccc2)o1. The summed E-state index contributed by atoms with van der Waals surface area (Å²) in [6, 6.07) is 19.7. The normalized spacial score (nSPS) is 13.7. The van der Waals surface area contributed by atoms with Crippen LogP contribution in [0, 0.1) is 0 Å². The molecule has 4 rings (SSSR count). The van der Waals surface area contributed by atoms with Crippen LogP contribution in [0.4, 0.5) is 0 Å². The number of aromatic nitrogens is 1. The van der Waals surface area contributed by atoms with Crippen molar-refractivity contribution in [3.63, 3.8) is 0 Å². The molecule has 1 aliphatic rings. The number of nitrogens with zero attached hydrogens (tertiary/aromatic N) is 3. The highest BCUT2D eigenvalue weighted by Crippen LogP contribution is 2.32. The molecule has 32 heavy (non-hydrogen) atoms. The van der Waals surface area contributed by atoms with Crippen LogP contribution in [0.1, 0.15) is 12.3 Å². The number of hydrogen-bond donors (Lipinski definition) is 0. The summed E-state index contributed by atoms with van der Waals surface area (Å²) in [5, 5.41) is 0. The third-order valence-electron chi connectivity index (χ3n) is 5.47. The molecule has 0 spiro atoms. The maximum absolute atomic E-state index is 12.6. The van der Waals surface area contributed by atoms with E-state index in [2.05, 4.69) is 0 Å². The molecule has 2 amide bonds. The Morgan fingerprint density at radius 1 is 0.969 bits per heavy atom. The molecule has 7 nitrogen and oxygen atoms in total. The van der Waals surface area contributed by atoms with E-state index in [0.717, 1.165) is 16.8 Å². The number of rotatable bonds is 7. The largest absolute Gasteiger partial charge is 0.440 e. The minimum Gasteiger partial charge on any atom is -0.440 e. The van der Waals surface area contributed by atoms with Gasteiger partial charge in [-0.05, 0) is 0 Å². The van der Waals surface area contributed by atoms with Gasteiger partial charge < -0.3 is 19.0 Å². The highest BCUT2D eigenvalue weighted by atomic mass is 16.5. The Morgan fingerprint density at radius 2 is 1.59 bits per heavy atom. The number of oxazole rings is 1. The molecule has 0 saturated carbocycles. The zero-order valence-corrected chi connectivity index (χ0v) is 18.2. The Kier molecular flexibility index (Phi) is 6.97. The lowest BCUT2D eigenvalue weighted by atomic mass is 10.1. The fraction of sp³-hybridized carbons (Fsp3) is 0.320. The van der Waals surface area contributed by atoms with Crippen LogP contribution in [0.25, 0.3) is 22.6 Å². The maximum atomic E-state index is 12.6. The van der Waals surface area contributed by atoms with Crippen LogP contribution in [0.15, 0.2) is 65.1 Å². The highest BCUT2D eigenvalue weighted by Gasteiger charge is 2.22. The van der Waals surface area contributed by atoms with Gasteiger partial charge in [-0.1, -0.05) is 60.7 Å². The van der Waals surface area contributed by atoms with Crippen molar-refractivity contribution in [2.45, 2.75) is 12.8 Å². The number of carbonyl (C=O) groups is 2. The van der Waals surface area contributed by atoms with Crippen molar-refractivity contribution in [2.75, 3.05) is 39.9 Å². The number of ether oxygens (including phenoxy) is 1. The zero-order valence-electron chi connectivity index (χ0n) is 18.2. The van der Waals surface area contributed by atoms with Gasteiger partial charge in [-0.2, -0.15) is 0 Å². The summed E-state index contributed by atoms with van der Waals surface area (Å²) in [4.78, 5) is 32.9. The lowest BCUT2D eigenvalue weighted by Gasteiger charge is -2.28. The third-order valence-corrected chi connectivity index (χ3v) is 5.47. The van der Waals surface area contributed by atoms with E-state index in [1.54, 1.807) is 11.9 Å². The number of hydrogen-bond acceptors (Lipinski definition) is 5. The summed E-state index contributed by atoms with van der Waals surface area (Å²) < 4.78 is 11.4. The van der Waals surface area contributed by atoms with Crippen molar-refractivity contribution in [1.82, 2.24) is 14.8 Å². The predicted molar refractivity (Wildman–Crippen MR) is 121 cm³/mol. The molecular weight excluding hydrogens is 406 g/mol. The molecule has 1 saturated heterocycles. The van der Waals surface area contributed by atoms with Gasteiger partial charge in [0.05, 0.1) is 19.8 Å². The van der Waals surface area contributed by atoms with Crippen LogP contribution >= 0.6 is 0 Å². The van der Waals surface area contributed by atoms with Crippen LogP contribution in [0.2, 0.25) is 0 Å². The first kappa shape index (κ1) is 21.8. The van der Waals surface area contributed by atoms with Crippen molar-refractivity contribution in [3.05, 3.63) is 66.6 Å². The van der Waals surface area contributed by atoms with Crippen LogP contribution in [-0.2, 0) is 20.7 Å². The quantitative estimate of drug-likeness (QED) is 0.572. The smallest absolute Gasteiger partial charge is 0.242 e. The fourth-order valence-electron chi connectivity index (χ4n) is 3.66. The zero-order chi connectivity index (χ0) is 22.3. The minimum atomic E-state index is -0.118.